The number of amides is 1. The number of rotatable bonds is 4. The molecule has 34 heavy (non-hydrogen) atoms. The molecule has 0 aliphatic carbocycles. The van der Waals surface area contributed by atoms with Gasteiger partial charge in [-0.25, -0.2) is 9.50 Å². The van der Waals surface area contributed by atoms with E-state index in [4.69, 9.17) is 0 Å². The van der Waals surface area contributed by atoms with Gasteiger partial charge in [-0.2, -0.15) is 0 Å². The molecule has 1 atom stereocenters. The van der Waals surface area contributed by atoms with Crippen molar-refractivity contribution in [2.75, 3.05) is 26.2 Å². The first-order valence-corrected chi connectivity index (χ1v) is 12.5. The number of carbonyl (C=O) groups excluding carboxylic acids is 1. The third kappa shape index (κ3) is 3.95. The Morgan fingerprint density at radius 3 is 2.74 bits per heavy atom. The molecule has 1 aromatic carbocycles. The van der Waals surface area contributed by atoms with Crippen molar-refractivity contribution in [3.8, 4) is 0 Å². The molecule has 8 heteroatoms. The number of aromatic amines is 1. The van der Waals surface area contributed by atoms with E-state index in [1.807, 2.05) is 13.0 Å². The largest absolute Gasteiger partial charge is 0.330 e. The third-order valence-electron chi connectivity index (χ3n) is 7.75. The summed E-state index contributed by atoms with van der Waals surface area (Å²) >= 11 is 0. The summed E-state index contributed by atoms with van der Waals surface area (Å²) in [5, 5.41) is 6.46. The van der Waals surface area contributed by atoms with E-state index in [9.17, 15) is 9.59 Å². The quantitative estimate of drug-likeness (QED) is 0.625. The summed E-state index contributed by atoms with van der Waals surface area (Å²) in [6, 6.07) is 10.4. The van der Waals surface area contributed by atoms with Gasteiger partial charge in [0.1, 0.15) is 0 Å². The molecule has 1 unspecified atom stereocenters. The summed E-state index contributed by atoms with van der Waals surface area (Å²) in [5.74, 6) is 0.707. The van der Waals surface area contributed by atoms with Crippen LogP contribution in [-0.2, 0) is 13.1 Å². The Balaban J connectivity index is 1.10. The molecule has 0 saturated carbocycles. The van der Waals surface area contributed by atoms with Crippen molar-refractivity contribution in [1.82, 2.24) is 29.7 Å². The van der Waals surface area contributed by atoms with Crippen LogP contribution in [0.25, 0.3) is 5.65 Å². The number of carbonyl (C=O) groups is 1. The molecule has 1 amide bonds. The lowest BCUT2D eigenvalue weighted by Crippen LogP contribution is -2.46. The predicted molar refractivity (Wildman–Crippen MR) is 130 cm³/mol. The van der Waals surface area contributed by atoms with Crippen molar-refractivity contribution in [3.63, 3.8) is 0 Å². The van der Waals surface area contributed by atoms with Crippen LogP contribution in [-0.4, -0.2) is 62.5 Å². The number of benzene rings is 1. The van der Waals surface area contributed by atoms with Crippen LogP contribution in [0.5, 0.6) is 0 Å². The maximum atomic E-state index is 13.0. The number of hydrogen-bond acceptors (Lipinski definition) is 5. The van der Waals surface area contributed by atoms with Crippen molar-refractivity contribution in [2.24, 2.45) is 0 Å². The lowest BCUT2D eigenvalue weighted by Gasteiger charge is -2.32. The average molecular weight is 461 g/mol. The van der Waals surface area contributed by atoms with Crippen LogP contribution >= 0.6 is 0 Å². The van der Waals surface area contributed by atoms with Crippen LogP contribution in [0.15, 0.2) is 35.1 Å². The summed E-state index contributed by atoms with van der Waals surface area (Å²) in [6.45, 7) is 7.30. The lowest BCUT2D eigenvalue weighted by atomic mass is 9.88. The highest BCUT2D eigenvalue weighted by atomic mass is 16.2. The van der Waals surface area contributed by atoms with Crippen molar-refractivity contribution < 1.29 is 4.79 Å². The minimum atomic E-state index is -0.0614. The first-order chi connectivity index (χ1) is 16.5. The van der Waals surface area contributed by atoms with Crippen LogP contribution in [0, 0.1) is 6.92 Å². The number of fused-ring (bicyclic) bond motifs is 2. The molecular formula is C26H32N6O2. The van der Waals surface area contributed by atoms with Gasteiger partial charge in [-0.05, 0) is 75.4 Å². The van der Waals surface area contributed by atoms with Crippen molar-refractivity contribution in [1.29, 1.82) is 0 Å². The molecule has 2 N–H and O–H groups in total. The Hall–Kier alpha value is -2.97. The second kappa shape index (κ2) is 8.67. The molecule has 178 valence electrons. The number of aromatic nitrogens is 3. The lowest BCUT2D eigenvalue weighted by molar-refractivity contribution is 0.0674. The summed E-state index contributed by atoms with van der Waals surface area (Å²) in [5.41, 5.74) is 5.81. The first kappa shape index (κ1) is 21.6. The van der Waals surface area contributed by atoms with Gasteiger partial charge in [0.25, 0.3) is 11.5 Å². The number of piperidine rings is 2. The molecule has 0 bridgehead atoms. The van der Waals surface area contributed by atoms with Crippen molar-refractivity contribution in [2.45, 2.75) is 57.7 Å². The number of likely N-dealkylation sites (tertiary alicyclic amines) is 1. The molecule has 8 nitrogen and oxygen atoms in total. The maximum Gasteiger partial charge on any atom is 0.272 e. The van der Waals surface area contributed by atoms with Gasteiger partial charge in [-0.1, -0.05) is 12.1 Å². The molecule has 5 heterocycles. The van der Waals surface area contributed by atoms with Crippen LogP contribution in [0.3, 0.4) is 0 Å². The Bertz CT molecular complexity index is 1280. The molecule has 6 rings (SSSR count). The SMILES string of the molecule is Cc1cc2nc(CN3CCC(c4ccc5c(c4)CN(C4CCCNC4)C5=O)CC3)cc(=O)n2[nH]1. The molecular weight excluding hydrogens is 428 g/mol. The number of nitrogens with zero attached hydrogens (tertiary/aromatic N) is 4. The van der Waals surface area contributed by atoms with Gasteiger partial charge in [0.2, 0.25) is 0 Å². The Morgan fingerprint density at radius 1 is 1.09 bits per heavy atom. The summed E-state index contributed by atoms with van der Waals surface area (Å²) in [4.78, 5) is 34.5. The number of H-pyrrole nitrogens is 1. The monoisotopic (exact) mass is 460 g/mol. The second-order valence-corrected chi connectivity index (χ2v) is 10.1. The van der Waals surface area contributed by atoms with Gasteiger partial charge in [-0.15, -0.1) is 0 Å². The highest BCUT2D eigenvalue weighted by Crippen LogP contribution is 2.33. The highest BCUT2D eigenvalue weighted by molar-refractivity contribution is 5.98. The van der Waals surface area contributed by atoms with E-state index in [1.54, 1.807) is 6.07 Å². The molecule has 2 aromatic heterocycles. The summed E-state index contributed by atoms with van der Waals surface area (Å²) in [6.07, 6.45) is 4.38. The van der Waals surface area contributed by atoms with Crippen LogP contribution in [0.2, 0.25) is 0 Å². The second-order valence-electron chi connectivity index (χ2n) is 10.1. The molecule has 3 aliphatic heterocycles. The number of hydrogen-bond donors (Lipinski definition) is 2. The van der Waals surface area contributed by atoms with E-state index in [1.165, 1.54) is 15.6 Å². The van der Waals surface area contributed by atoms with Gasteiger partial charge in [0.05, 0.1) is 5.69 Å². The Labute approximate surface area is 198 Å². The third-order valence-corrected chi connectivity index (χ3v) is 7.75. The molecule has 2 saturated heterocycles. The zero-order valence-electron chi connectivity index (χ0n) is 19.7. The smallest absolute Gasteiger partial charge is 0.272 e. The van der Waals surface area contributed by atoms with Crippen LogP contribution in [0.1, 0.15) is 64.5 Å². The van der Waals surface area contributed by atoms with Crippen molar-refractivity contribution in [3.05, 3.63) is 68.8 Å². The van der Waals surface area contributed by atoms with Gasteiger partial charge in [0, 0.05) is 49.1 Å². The minimum absolute atomic E-state index is 0.0614. The van der Waals surface area contributed by atoms with Gasteiger partial charge >= 0.3 is 0 Å². The zero-order chi connectivity index (χ0) is 23.2. The molecule has 3 aromatic rings. The molecule has 0 spiro atoms. The number of nitrogens with one attached hydrogen (secondary N) is 2. The predicted octanol–water partition coefficient (Wildman–Crippen LogP) is 2.42. The van der Waals surface area contributed by atoms with E-state index < -0.39 is 0 Å². The standard InChI is InChI=1S/C26H32N6O2/c1-17-11-24-28-21(13-25(33)32(24)29-17)16-30-9-6-18(7-10-30)19-4-5-23-20(12-19)15-31(26(23)34)22-3-2-8-27-14-22/h4-5,11-13,18,22,27,29H,2-3,6-10,14-16H2,1H3. The Kier molecular flexibility index (Phi) is 5.50. The molecule has 0 radical (unpaired) electrons. The summed E-state index contributed by atoms with van der Waals surface area (Å²) < 4.78 is 1.50. The number of aryl methyl sites for hydroxylation is 1. The summed E-state index contributed by atoms with van der Waals surface area (Å²) in [7, 11) is 0. The van der Waals surface area contributed by atoms with E-state index in [2.05, 4.69) is 43.4 Å². The van der Waals surface area contributed by atoms with Gasteiger partial charge in [0.15, 0.2) is 5.65 Å². The van der Waals surface area contributed by atoms with Gasteiger partial charge in [-0.3, -0.25) is 19.6 Å². The minimum Gasteiger partial charge on any atom is -0.330 e. The fourth-order valence-corrected chi connectivity index (χ4v) is 5.91. The van der Waals surface area contributed by atoms with E-state index in [-0.39, 0.29) is 11.5 Å². The maximum absolute atomic E-state index is 13.0. The Morgan fingerprint density at radius 2 is 1.94 bits per heavy atom. The first-order valence-electron chi connectivity index (χ1n) is 12.5. The van der Waals surface area contributed by atoms with Crippen LogP contribution in [0.4, 0.5) is 0 Å². The fourth-order valence-electron chi connectivity index (χ4n) is 5.91. The molecule has 2 fully saturated rings. The fraction of sp³-hybridized carbons (Fsp3) is 0.500. The van der Waals surface area contributed by atoms with Gasteiger partial charge < -0.3 is 10.2 Å². The highest BCUT2D eigenvalue weighted by Gasteiger charge is 2.34. The van der Waals surface area contributed by atoms with Crippen molar-refractivity contribution >= 4 is 11.6 Å². The van der Waals surface area contributed by atoms with E-state index in [0.717, 1.165) is 75.4 Å². The van der Waals surface area contributed by atoms with E-state index in [0.29, 0.717) is 24.2 Å². The van der Waals surface area contributed by atoms with E-state index >= 15 is 0 Å². The molecule has 3 aliphatic rings. The zero-order valence-corrected chi connectivity index (χ0v) is 19.7. The topological polar surface area (TPSA) is 85.7 Å². The normalized spacial score (nSPS) is 22.0. The average Bonchev–Trinajstić information content (AvgIpc) is 3.39. The van der Waals surface area contributed by atoms with Crippen LogP contribution < -0.4 is 10.9 Å².